The highest BCUT2D eigenvalue weighted by Crippen LogP contribution is 2.26. The van der Waals surface area contributed by atoms with E-state index in [-0.39, 0.29) is 11.8 Å². The van der Waals surface area contributed by atoms with Crippen LogP contribution in [0, 0.1) is 0 Å². The van der Waals surface area contributed by atoms with E-state index in [1.807, 2.05) is 47.8 Å². The van der Waals surface area contributed by atoms with Crippen LogP contribution in [0.5, 0.6) is 0 Å². The molecule has 5 nitrogen and oxygen atoms in total. The van der Waals surface area contributed by atoms with Crippen LogP contribution in [-0.2, 0) is 16.0 Å². The standard InChI is InChI=1S/C22H23N3O2S2/c1-16(26)23-13-5-6-17-9-11-18(12-10-17)20-14-29-22(24-20)25-21(27)15-28-19-7-3-2-4-8-19/h2-4,7-12,14H,5-6,13,15H2,1H3,(H,23,26)(H,24,25,27). The molecule has 0 saturated heterocycles. The fraction of sp³-hybridized carbons (Fsp3) is 0.227. The first-order valence-electron chi connectivity index (χ1n) is 9.37. The number of thioether (sulfide) groups is 1. The summed E-state index contributed by atoms with van der Waals surface area (Å²) in [5, 5.41) is 8.24. The van der Waals surface area contributed by atoms with Gasteiger partial charge in [-0.1, -0.05) is 42.5 Å². The number of nitrogens with one attached hydrogen (secondary N) is 2. The second-order valence-corrected chi connectivity index (χ2v) is 8.38. The number of amides is 2. The normalized spacial score (nSPS) is 10.5. The quantitative estimate of drug-likeness (QED) is 0.388. The van der Waals surface area contributed by atoms with E-state index in [1.165, 1.54) is 35.6 Å². The van der Waals surface area contributed by atoms with Crippen molar-refractivity contribution in [2.75, 3.05) is 17.6 Å². The van der Waals surface area contributed by atoms with Gasteiger partial charge in [-0.15, -0.1) is 23.1 Å². The Morgan fingerprint density at radius 3 is 2.55 bits per heavy atom. The molecule has 2 N–H and O–H groups in total. The number of carbonyl (C=O) groups excluding carboxylic acids is 2. The van der Waals surface area contributed by atoms with E-state index >= 15 is 0 Å². The van der Waals surface area contributed by atoms with Gasteiger partial charge in [-0.25, -0.2) is 4.98 Å². The van der Waals surface area contributed by atoms with Crippen LogP contribution in [0.3, 0.4) is 0 Å². The molecular formula is C22H23N3O2S2. The highest BCUT2D eigenvalue weighted by molar-refractivity contribution is 8.00. The summed E-state index contributed by atoms with van der Waals surface area (Å²) >= 11 is 2.93. The molecule has 1 aromatic heterocycles. The summed E-state index contributed by atoms with van der Waals surface area (Å²) in [6, 6.07) is 18.1. The predicted octanol–water partition coefficient (Wildman–Crippen LogP) is 4.61. The van der Waals surface area contributed by atoms with Crippen molar-refractivity contribution in [2.24, 2.45) is 0 Å². The monoisotopic (exact) mass is 425 g/mol. The van der Waals surface area contributed by atoms with Gasteiger partial charge in [0.1, 0.15) is 0 Å². The summed E-state index contributed by atoms with van der Waals surface area (Å²) < 4.78 is 0. The second-order valence-electron chi connectivity index (χ2n) is 6.47. The van der Waals surface area contributed by atoms with E-state index in [4.69, 9.17) is 0 Å². The molecule has 0 aliphatic carbocycles. The lowest BCUT2D eigenvalue weighted by Crippen LogP contribution is -2.21. The highest BCUT2D eigenvalue weighted by atomic mass is 32.2. The number of carbonyl (C=O) groups is 2. The smallest absolute Gasteiger partial charge is 0.236 e. The van der Waals surface area contributed by atoms with E-state index in [0.717, 1.165) is 29.0 Å². The Morgan fingerprint density at radius 2 is 1.83 bits per heavy atom. The average molecular weight is 426 g/mol. The minimum absolute atomic E-state index is 0.00503. The number of aryl methyl sites for hydroxylation is 1. The SMILES string of the molecule is CC(=O)NCCCc1ccc(-c2csc(NC(=O)CSc3ccccc3)n2)cc1. The first-order valence-corrected chi connectivity index (χ1v) is 11.2. The van der Waals surface area contributed by atoms with Gasteiger partial charge in [-0.05, 0) is 30.5 Å². The van der Waals surface area contributed by atoms with Crippen LogP contribution in [0.15, 0.2) is 64.9 Å². The van der Waals surface area contributed by atoms with E-state index < -0.39 is 0 Å². The van der Waals surface area contributed by atoms with Gasteiger partial charge in [-0.3, -0.25) is 9.59 Å². The van der Waals surface area contributed by atoms with Crippen molar-refractivity contribution < 1.29 is 9.59 Å². The minimum atomic E-state index is -0.0609. The lowest BCUT2D eigenvalue weighted by atomic mass is 10.1. The maximum absolute atomic E-state index is 12.2. The molecule has 0 saturated carbocycles. The van der Waals surface area contributed by atoms with Gasteiger partial charge < -0.3 is 10.6 Å². The zero-order valence-corrected chi connectivity index (χ0v) is 17.8. The summed E-state index contributed by atoms with van der Waals surface area (Å²) in [6.07, 6.45) is 1.82. The van der Waals surface area contributed by atoms with Crippen LogP contribution in [0.25, 0.3) is 11.3 Å². The summed E-state index contributed by atoms with van der Waals surface area (Å²) in [5.41, 5.74) is 3.10. The Morgan fingerprint density at radius 1 is 1.07 bits per heavy atom. The zero-order valence-electron chi connectivity index (χ0n) is 16.2. The second kappa shape index (κ2) is 10.8. The van der Waals surface area contributed by atoms with Gasteiger partial charge >= 0.3 is 0 Å². The topological polar surface area (TPSA) is 71.1 Å². The maximum atomic E-state index is 12.2. The molecule has 0 bridgehead atoms. The van der Waals surface area contributed by atoms with E-state index in [1.54, 1.807) is 0 Å². The molecule has 0 fully saturated rings. The maximum Gasteiger partial charge on any atom is 0.236 e. The van der Waals surface area contributed by atoms with Crippen LogP contribution in [0.2, 0.25) is 0 Å². The van der Waals surface area contributed by atoms with Crippen LogP contribution in [-0.4, -0.2) is 29.1 Å². The molecule has 7 heteroatoms. The third-order valence-corrected chi connectivity index (χ3v) is 5.90. The molecule has 0 radical (unpaired) electrons. The average Bonchev–Trinajstić information content (AvgIpc) is 3.19. The molecule has 2 amide bonds. The van der Waals surface area contributed by atoms with Gasteiger partial charge in [0, 0.05) is 29.3 Å². The van der Waals surface area contributed by atoms with E-state index in [9.17, 15) is 9.59 Å². The third kappa shape index (κ3) is 7.03. The molecule has 2 aromatic carbocycles. The van der Waals surface area contributed by atoms with Crippen LogP contribution in [0.4, 0.5) is 5.13 Å². The molecule has 0 spiro atoms. The Bertz CT molecular complexity index is 940. The Hall–Kier alpha value is -2.64. The number of benzene rings is 2. The molecule has 3 aromatic rings. The number of hydrogen-bond donors (Lipinski definition) is 2. The van der Waals surface area contributed by atoms with Crippen molar-refractivity contribution in [3.05, 3.63) is 65.5 Å². The highest BCUT2D eigenvalue weighted by Gasteiger charge is 2.09. The van der Waals surface area contributed by atoms with Gasteiger partial charge in [0.25, 0.3) is 0 Å². The van der Waals surface area contributed by atoms with Gasteiger partial charge in [0.2, 0.25) is 11.8 Å². The Balaban J connectivity index is 1.48. The first kappa shape index (κ1) is 21.1. The molecule has 1 heterocycles. The largest absolute Gasteiger partial charge is 0.356 e. The predicted molar refractivity (Wildman–Crippen MR) is 120 cm³/mol. The molecule has 0 unspecified atom stereocenters. The van der Waals surface area contributed by atoms with Gasteiger partial charge in [-0.2, -0.15) is 0 Å². The Labute approximate surface area is 179 Å². The van der Waals surface area contributed by atoms with Crippen LogP contribution >= 0.6 is 23.1 Å². The number of anilines is 1. The molecule has 0 atom stereocenters. The molecular weight excluding hydrogens is 402 g/mol. The lowest BCUT2D eigenvalue weighted by molar-refractivity contribution is -0.119. The van der Waals surface area contributed by atoms with Crippen molar-refractivity contribution in [1.82, 2.24) is 10.3 Å². The van der Waals surface area contributed by atoms with Crippen LogP contribution < -0.4 is 10.6 Å². The number of nitrogens with zero attached hydrogens (tertiary/aromatic N) is 1. The zero-order chi connectivity index (χ0) is 20.5. The van der Waals surface area contributed by atoms with Crippen molar-refractivity contribution >= 4 is 40.0 Å². The molecule has 0 aliphatic rings. The molecule has 29 heavy (non-hydrogen) atoms. The lowest BCUT2D eigenvalue weighted by Gasteiger charge is -2.04. The van der Waals surface area contributed by atoms with E-state index in [2.05, 4.69) is 27.8 Å². The van der Waals surface area contributed by atoms with Crippen molar-refractivity contribution in [3.8, 4) is 11.3 Å². The number of rotatable bonds is 9. The number of hydrogen-bond acceptors (Lipinski definition) is 5. The summed E-state index contributed by atoms with van der Waals surface area (Å²) in [7, 11) is 0. The first-order chi connectivity index (χ1) is 14.1. The fourth-order valence-corrected chi connectivity index (χ4v) is 4.14. The summed E-state index contributed by atoms with van der Waals surface area (Å²) in [5.74, 6) is 0.297. The Kier molecular flexibility index (Phi) is 7.84. The van der Waals surface area contributed by atoms with Crippen LogP contribution in [0.1, 0.15) is 18.9 Å². The van der Waals surface area contributed by atoms with E-state index in [0.29, 0.717) is 17.4 Å². The molecule has 0 aliphatic heterocycles. The third-order valence-electron chi connectivity index (χ3n) is 4.13. The minimum Gasteiger partial charge on any atom is -0.356 e. The van der Waals surface area contributed by atoms with Gasteiger partial charge in [0.15, 0.2) is 5.13 Å². The molecule has 150 valence electrons. The fourth-order valence-electron chi connectivity index (χ4n) is 2.68. The summed E-state index contributed by atoms with van der Waals surface area (Å²) in [4.78, 5) is 28.6. The van der Waals surface area contributed by atoms with Crippen molar-refractivity contribution in [1.29, 1.82) is 0 Å². The number of aromatic nitrogens is 1. The van der Waals surface area contributed by atoms with Crippen molar-refractivity contribution in [2.45, 2.75) is 24.7 Å². The van der Waals surface area contributed by atoms with Crippen molar-refractivity contribution in [3.63, 3.8) is 0 Å². The summed E-state index contributed by atoms with van der Waals surface area (Å²) in [6.45, 7) is 2.22. The molecule has 3 rings (SSSR count). The van der Waals surface area contributed by atoms with Gasteiger partial charge in [0.05, 0.1) is 11.4 Å². The number of thiazole rings is 1.